The Morgan fingerprint density at radius 2 is 0.600 bits per heavy atom. The molecule has 0 aliphatic heterocycles. The quantitative estimate of drug-likeness (QED) is 0.362. The highest BCUT2D eigenvalue weighted by atomic mass is 35.5. The Kier molecular flexibility index (Phi) is 2.78. The van der Waals surface area contributed by atoms with E-state index in [1.54, 1.807) is 0 Å². The van der Waals surface area contributed by atoms with Crippen LogP contribution in [0.5, 0.6) is 0 Å². The topological polar surface area (TPSA) is 0 Å². The van der Waals surface area contributed by atoms with Gasteiger partial charge < -0.3 is 0 Å². The SMILES string of the molecule is ClC1=C(Cl)C2(Cl)C3(Cl)C1(Cl)C1(Cl)C(Cl)=C(Cl)C3(Cl)C12Cl. The normalized spacial score (nSPS) is 66.3. The summed E-state index contributed by atoms with van der Waals surface area (Å²) in [6.45, 7) is 0. The van der Waals surface area contributed by atoms with Crippen LogP contribution in [0.25, 0.3) is 0 Å². The van der Waals surface area contributed by atoms with Crippen LogP contribution in [0.4, 0.5) is 0 Å². The van der Waals surface area contributed by atoms with Gasteiger partial charge in [0.05, 0.1) is 20.1 Å². The van der Waals surface area contributed by atoms with E-state index >= 15 is 0 Å². The lowest BCUT2D eigenvalue weighted by atomic mass is 9.61. The molecule has 3 saturated carbocycles. The third kappa shape index (κ3) is 0.807. The van der Waals surface area contributed by atoms with Crippen LogP contribution < -0.4 is 0 Å². The summed E-state index contributed by atoms with van der Waals surface area (Å²) in [6, 6.07) is 0. The molecular formula is C10Cl10. The fraction of sp³-hybridized carbons (Fsp3) is 0.600. The predicted molar refractivity (Wildman–Crippen MR) is 89.0 cm³/mol. The van der Waals surface area contributed by atoms with Crippen molar-refractivity contribution in [2.45, 2.75) is 29.2 Å². The first kappa shape index (κ1) is 15.9. The second kappa shape index (κ2) is 3.50. The van der Waals surface area contributed by atoms with Crippen molar-refractivity contribution in [2.75, 3.05) is 0 Å². The second-order valence-electron chi connectivity index (χ2n) is 5.21. The Bertz CT molecular complexity index is 610. The maximum atomic E-state index is 6.69. The minimum Gasteiger partial charge on any atom is -0.112 e. The molecule has 0 aromatic heterocycles. The lowest BCUT2D eigenvalue weighted by Gasteiger charge is -2.64. The van der Waals surface area contributed by atoms with E-state index in [-0.39, 0.29) is 20.1 Å². The summed E-state index contributed by atoms with van der Waals surface area (Å²) in [5, 5.41) is 0.0114. The van der Waals surface area contributed by atoms with Crippen molar-refractivity contribution in [3.05, 3.63) is 20.1 Å². The van der Waals surface area contributed by atoms with Crippen LogP contribution >= 0.6 is 116 Å². The van der Waals surface area contributed by atoms with Crippen molar-refractivity contribution < 1.29 is 0 Å². The molecular weight excluding hydrogens is 475 g/mol. The summed E-state index contributed by atoms with van der Waals surface area (Å²) in [5.41, 5.74) is 0. The van der Waals surface area contributed by atoms with Gasteiger partial charge in [-0.3, -0.25) is 0 Å². The summed E-state index contributed by atoms with van der Waals surface area (Å²) in [7, 11) is 0. The molecule has 0 nitrogen and oxygen atoms in total. The van der Waals surface area contributed by atoms with E-state index in [1.165, 1.54) is 0 Å². The monoisotopic (exact) mass is 470 g/mol. The van der Waals surface area contributed by atoms with E-state index in [0.29, 0.717) is 0 Å². The zero-order chi connectivity index (χ0) is 15.3. The molecule has 5 aliphatic carbocycles. The van der Waals surface area contributed by atoms with Crippen LogP contribution in [0.1, 0.15) is 0 Å². The van der Waals surface area contributed by atoms with Crippen molar-refractivity contribution in [1.29, 1.82) is 0 Å². The average molecular weight is 475 g/mol. The summed E-state index contributed by atoms with van der Waals surface area (Å²) in [5.74, 6) is 0. The molecule has 0 radical (unpaired) electrons. The summed E-state index contributed by atoms with van der Waals surface area (Å²) in [4.78, 5) is -9.62. The Hall–Kier alpha value is 2.38. The van der Waals surface area contributed by atoms with Crippen molar-refractivity contribution in [3.63, 3.8) is 0 Å². The largest absolute Gasteiger partial charge is 0.131 e. The average Bonchev–Trinajstić information content (AvgIpc) is 2.70. The van der Waals surface area contributed by atoms with Crippen LogP contribution in [0, 0.1) is 0 Å². The fourth-order valence-electron chi connectivity index (χ4n) is 4.13. The molecule has 0 aromatic rings. The van der Waals surface area contributed by atoms with Gasteiger partial charge in [-0.15, -0.1) is 69.6 Å². The summed E-state index contributed by atoms with van der Waals surface area (Å²) >= 11 is 64.9. The zero-order valence-electron chi connectivity index (χ0n) is 8.78. The van der Waals surface area contributed by atoms with Gasteiger partial charge in [0.15, 0.2) is 0 Å². The van der Waals surface area contributed by atoms with Crippen molar-refractivity contribution in [1.82, 2.24) is 0 Å². The van der Waals surface area contributed by atoms with E-state index in [4.69, 9.17) is 116 Å². The first-order valence-corrected chi connectivity index (χ1v) is 8.92. The third-order valence-electron chi connectivity index (χ3n) is 4.92. The second-order valence-corrected chi connectivity index (χ2v) is 10.1. The van der Waals surface area contributed by atoms with Crippen LogP contribution in [0.3, 0.4) is 0 Å². The Morgan fingerprint density at radius 3 is 0.850 bits per heavy atom. The molecule has 0 amide bonds. The van der Waals surface area contributed by atoms with Crippen molar-refractivity contribution in [2.24, 2.45) is 0 Å². The number of hydrogen-bond acceptors (Lipinski definition) is 0. The van der Waals surface area contributed by atoms with E-state index in [1.807, 2.05) is 0 Å². The molecule has 0 atom stereocenters. The van der Waals surface area contributed by atoms with Gasteiger partial charge in [0.1, 0.15) is 29.2 Å². The van der Waals surface area contributed by atoms with Gasteiger partial charge in [-0.2, -0.15) is 0 Å². The molecule has 20 heavy (non-hydrogen) atoms. The minimum atomic E-state index is -1.65. The van der Waals surface area contributed by atoms with E-state index < -0.39 is 29.2 Å². The maximum Gasteiger partial charge on any atom is 0.131 e. The van der Waals surface area contributed by atoms with Gasteiger partial charge in [0.25, 0.3) is 0 Å². The molecule has 5 aliphatic rings. The highest BCUT2D eigenvalue weighted by Gasteiger charge is 3.12. The van der Waals surface area contributed by atoms with Gasteiger partial charge in [-0.05, 0) is 0 Å². The molecule has 0 aromatic carbocycles. The lowest BCUT2D eigenvalue weighted by Crippen LogP contribution is -2.82. The smallest absolute Gasteiger partial charge is 0.112 e. The van der Waals surface area contributed by atoms with Gasteiger partial charge in [0.2, 0.25) is 0 Å². The Balaban J connectivity index is 2.26. The highest BCUT2D eigenvalue weighted by Crippen LogP contribution is 2.99. The first-order chi connectivity index (χ1) is 8.88. The van der Waals surface area contributed by atoms with Gasteiger partial charge in [0, 0.05) is 0 Å². The zero-order valence-corrected chi connectivity index (χ0v) is 16.3. The molecule has 10 heteroatoms. The van der Waals surface area contributed by atoms with Gasteiger partial charge in [-0.1, -0.05) is 46.4 Å². The lowest BCUT2D eigenvalue weighted by molar-refractivity contribution is 0.241. The van der Waals surface area contributed by atoms with Crippen LogP contribution in [-0.2, 0) is 0 Å². The Morgan fingerprint density at radius 1 is 0.400 bits per heavy atom. The van der Waals surface area contributed by atoms with E-state index in [9.17, 15) is 0 Å². The van der Waals surface area contributed by atoms with Crippen molar-refractivity contribution in [3.8, 4) is 0 Å². The summed E-state index contributed by atoms with van der Waals surface area (Å²) in [6.07, 6.45) is 0. The standard InChI is InChI=1S/C10Cl10/c11-1-3(13)7(17)9(19)5(1,15)6(16)2(12)4(14)8(9,18)10(6,7)20. The number of rotatable bonds is 0. The van der Waals surface area contributed by atoms with Gasteiger partial charge in [-0.25, -0.2) is 0 Å². The fourth-order valence-corrected chi connectivity index (χ4v) is 10.9. The molecule has 0 heterocycles. The van der Waals surface area contributed by atoms with Crippen LogP contribution in [-0.4, -0.2) is 29.2 Å². The van der Waals surface area contributed by atoms with E-state index in [2.05, 4.69) is 0 Å². The first-order valence-electron chi connectivity index (χ1n) is 5.14. The van der Waals surface area contributed by atoms with Gasteiger partial charge >= 0.3 is 0 Å². The minimum absolute atomic E-state index is 0.0121. The number of alkyl halides is 6. The van der Waals surface area contributed by atoms with Crippen LogP contribution in [0.2, 0.25) is 0 Å². The molecule has 0 unspecified atom stereocenters. The molecule has 0 N–H and O–H groups in total. The highest BCUT2D eigenvalue weighted by molar-refractivity contribution is 6.74. The molecule has 3 fully saturated rings. The number of allylic oxidation sites excluding steroid dienone is 4. The van der Waals surface area contributed by atoms with Crippen molar-refractivity contribution >= 4 is 116 Å². The van der Waals surface area contributed by atoms with Crippen LogP contribution in [0.15, 0.2) is 20.1 Å². The summed E-state index contributed by atoms with van der Waals surface area (Å²) < 4.78 is 0. The molecule has 0 spiro atoms. The Labute approximate surface area is 164 Å². The third-order valence-corrected chi connectivity index (χ3v) is 12.8. The molecule has 6 bridgehead atoms. The molecule has 5 rings (SSSR count). The number of halogens is 10. The predicted octanol–water partition coefficient (Wildman–Crippen LogP) is 6.28. The van der Waals surface area contributed by atoms with E-state index in [0.717, 1.165) is 0 Å². The molecule has 0 saturated heterocycles. The molecule has 110 valence electrons. The maximum absolute atomic E-state index is 6.69. The number of hydrogen-bond donors (Lipinski definition) is 0.